The molecule has 1 unspecified atom stereocenters. The first-order chi connectivity index (χ1) is 14.5. The first-order valence-electron chi connectivity index (χ1n) is 11.5. The standard InChI is InChI=1S/C24H34N6/c1-4-29-10-12-30(13-11-29)22-14-20(26-18(2)27-22)17-28(3)21-16-24(7-8-24)15-19-6-5-9-25-23(19)21/h5-6,9,14,21H,4,7-8,10-13,15-17H2,1-3H3. The smallest absolute Gasteiger partial charge is 0.132 e. The molecule has 6 heteroatoms. The van der Waals surface area contributed by atoms with E-state index < -0.39 is 0 Å². The number of hydrogen-bond acceptors (Lipinski definition) is 6. The lowest BCUT2D eigenvalue weighted by Gasteiger charge is -2.37. The van der Waals surface area contributed by atoms with Crippen molar-refractivity contribution in [3.8, 4) is 0 Å². The van der Waals surface area contributed by atoms with Crippen molar-refractivity contribution in [2.45, 2.75) is 52.1 Å². The van der Waals surface area contributed by atoms with Gasteiger partial charge in [-0.1, -0.05) is 13.0 Å². The molecule has 0 bridgehead atoms. The molecule has 0 radical (unpaired) electrons. The van der Waals surface area contributed by atoms with Gasteiger partial charge >= 0.3 is 0 Å². The lowest BCUT2D eigenvalue weighted by Crippen LogP contribution is -2.46. The molecule has 3 heterocycles. The Morgan fingerprint density at radius 3 is 2.70 bits per heavy atom. The summed E-state index contributed by atoms with van der Waals surface area (Å²) in [7, 11) is 2.24. The summed E-state index contributed by atoms with van der Waals surface area (Å²) in [6, 6.07) is 6.96. The minimum atomic E-state index is 0.379. The number of fused-ring (bicyclic) bond motifs is 1. The molecule has 1 spiro atoms. The fourth-order valence-electron chi connectivity index (χ4n) is 5.32. The second-order valence-electron chi connectivity index (χ2n) is 9.55. The van der Waals surface area contributed by atoms with E-state index in [0.29, 0.717) is 11.5 Å². The Labute approximate surface area is 180 Å². The molecular weight excluding hydrogens is 372 g/mol. The molecule has 0 N–H and O–H groups in total. The summed E-state index contributed by atoms with van der Waals surface area (Å²) in [6.07, 6.45) is 7.12. The van der Waals surface area contributed by atoms with E-state index in [2.05, 4.69) is 46.9 Å². The van der Waals surface area contributed by atoms with Crippen LogP contribution in [-0.4, -0.2) is 64.5 Å². The molecule has 160 valence electrons. The molecule has 1 atom stereocenters. The van der Waals surface area contributed by atoms with E-state index in [1.165, 1.54) is 36.9 Å². The van der Waals surface area contributed by atoms with Gasteiger partial charge in [0, 0.05) is 45.0 Å². The Kier molecular flexibility index (Phi) is 5.23. The lowest BCUT2D eigenvalue weighted by atomic mass is 9.80. The summed E-state index contributed by atoms with van der Waals surface area (Å²) in [5.74, 6) is 1.96. The van der Waals surface area contributed by atoms with E-state index in [9.17, 15) is 0 Å². The number of nitrogens with zero attached hydrogens (tertiary/aromatic N) is 6. The number of aryl methyl sites for hydroxylation is 1. The van der Waals surface area contributed by atoms with Crippen molar-refractivity contribution >= 4 is 5.82 Å². The van der Waals surface area contributed by atoms with Crippen molar-refractivity contribution < 1.29 is 0 Å². The van der Waals surface area contributed by atoms with E-state index in [1.54, 1.807) is 0 Å². The largest absolute Gasteiger partial charge is 0.354 e. The molecule has 1 aliphatic heterocycles. The molecule has 2 aromatic heterocycles. The fourth-order valence-corrected chi connectivity index (χ4v) is 5.32. The van der Waals surface area contributed by atoms with Crippen LogP contribution in [0.25, 0.3) is 0 Å². The predicted octanol–water partition coefficient (Wildman–Crippen LogP) is 3.22. The first-order valence-corrected chi connectivity index (χ1v) is 11.5. The van der Waals surface area contributed by atoms with Crippen LogP contribution in [-0.2, 0) is 13.0 Å². The molecule has 1 saturated heterocycles. The van der Waals surface area contributed by atoms with Gasteiger partial charge in [-0.15, -0.1) is 0 Å². The van der Waals surface area contributed by atoms with Crippen LogP contribution in [0.2, 0.25) is 0 Å². The van der Waals surface area contributed by atoms with Crippen LogP contribution in [0.1, 0.15) is 55.0 Å². The van der Waals surface area contributed by atoms with E-state index in [0.717, 1.165) is 56.6 Å². The second-order valence-corrected chi connectivity index (χ2v) is 9.55. The molecule has 0 amide bonds. The molecule has 2 aromatic rings. The maximum absolute atomic E-state index is 4.79. The normalized spacial score (nSPS) is 23.1. The topological polar surface area (TPSA) is 48.4 Å². The summed E-state index contributed by atoms with van der Waals surface area (Å²) in [6.45, 7) is 10.5. The Hall–Kier alpha value is -2.05. The molecule has 6 nitrogen and oxygen atoms in total. The predicted molar refractivity (Wildman–Crippen MR) is 120 cm³/mol. The number of pyridine rings is 1. The monoisotopic (exact) mass is 406 g/mol. The van der Waals surface area contributed by atoms with Crippen molar-refractivity contribution in [2.75, 3.05) is 44.7 Å². The number of anilines is 1. The van der Waals surface area contributed by atoms with Gasteiger partial charge in [0.1, 0.15) is 11.6 Å². The third-order valence-electron chi connectivity index (χ3n) is 7.36. The number of piperazine rings is 1. The van der Waals surface area contributed by atoms with Crippen molar-refractivity contribution in [3.63, 3.8) is 0 Å². The van der Waals surface area contributed by atoms with Gasteiger partial charge in [0.25, 0.3) is 0 Å². The van der Waals surface area contributed by atoms with Gasteiger partial charge in [0.2, 0.25) is 0 Å². The van der Waals surface area contributed by atoms with Gasteiger partial charge in [0.05, 0.1) is 17.4 Å². The van der Waals surface area contributed by atoms with Crippen molar-refractivity contribution in [1.29, 1.82) is 0 Å². The summed E-state index contributed by atoms with van der Waals surface area (Å²) in [4.78, 5) is 21.7. The van der Waals surface area contributed by atoms with Crippen molar-refractivity contribution in [2.24, 2.45) is 5.41 Å². The van der Waals surface area contributed by atoms with Gasteiger partial charge in [-0.05, 0) is 63.2 Å². The SMILES string of the molecule is CCN1CCN(c2cc(CN(C)C3CC4(CC4)Cc4cccnc43)nc(C)n2)CC1. The summed E-state index contributed by atoms with van der Waals surface area (Å²) >= 11 is 0. The molecular formula is C24H34N6. The average molecular weight is 407 g/mol. The number of hydrogen-bond donors (Lipinski definition) is 0. The number of rotatable bonds is 5. The van der Waals surface area contributed by atoms with E-state index in [1.807, 2.05) is 13.1 Å². The van der Waals surface area contributed by atoms with Crippen LogP contribution in [0.4, 0.5) is 5.82 Å². The molecule has 30 heavy (non-hydrogen) atoms. The van der Waals surface area contributed by atoms with E-state index in [-0.39, 0.29) is 0 Å². The Bertz CT molecular complexity index is 900. The van der Waals surface area contributed by atoms with Crippen LogP contribution in [0, 0.1) is 12.3 Å². The molecule has 2 aliphatic carbocycles. The fraction of sp³-hybridized carbons (Fsp3) is 0.625. The lowest BCUT2D eigenvalue weighted by molar-refractivity contribution is 0.172. The van der Waals surface area contributed by atoms with Crippen LogP contribution >= 0.6 is 0 Å². The van der Waals surface area contributed by atoms with Crippen molar-refractivity contribution in [1.82, 2.24) is 24.8 Å². The Balaban J connectivity index is 1.34. The molecule has 0 aromatic carbocycles. The van der Waals surface area contributed by atoms with E-state index >= 15 is 0 Å². The van der Waals surface area contributed by atoms with Gasteiger partial charge in [-0.25, -0.2) is 9.97 Å². The first kappa shape index (κ1) is 19.9. The Morgan fingerprint density at radius 1 is 1.17 bits per heavy atom. The van der Waals surface area contributed by atoms with Crippen LogP contribution in [0.15, 0.2) is 24.4 Å². The average Bonchev–Trinajstić information content (AvgIpc) is 3.51. The zero-order chi connectivity index (χ0) is 20.7. The highest BCUT2D eigenvalue weighted by atomic mass is 15.3. The van der Waals surface area contributed by atoms with Gasteiger partial charge in [-0.3, -0.25) is 9.88 Å². The molecule has 5 rings (SSSR count). The van der Waals surface area contributed by atoms with Crippen LogP contribution in [0.3, 0.4) is 0 Å². The van der Waals surface area contributed by atoms with Gasteiger partial charge < -0.3 is 9.80 Å². The van der Waals surface area contributed by atoms with E-state index in [4.69, 9.17) is 15.0 Å². The third-order valence-corrected chi connectivity index (χ3v) is 7.36. The summed E-state index contributed by atoms with van der Waals surface area (Å²) in [5, 5.41) is 0. The highest BCUT2D eigenvalue weighted by Crippen LogP contribution is 2.58. The minimum Gasteiger partial charge on any atom is -0.354 e. The molecule has 2 fully saturated rings. The maximum Gasteiger partial charge on any atom is 0.132 e. The van der Waals surface area contributed by atoms with Gasteiger partial charge in [0.15, 0.2) is 0 Å². The van der Waals surface area contributed by atoms with Crippen molar-refractivity contribution in [3.05, 3.63) is 47.2 Å². The quantitative estimate of drug-likeness (QED) is 0.760. The molecule has 1 saturated carbocycles. The number of likely N-dealkylation sites (N-methyl/N-ethyl adjacent to an activating group) is 1. The summed E-state index contributed by atoms with van der Waals surface area (Å²) < 4.78 is 0. The Morgan fingerprint density at radius 2 is 1.97 bits per heavy atom. The van der Waals surface area contributed by atoms with Crippen LogP contribution < -0.4 is 4.90 Å². The molecule has 3 aliphatic rings. The van der Waals surface area contributed by atoms with Gasteiger partial charge in [-0.2, -0.15) is 0 Å². The maximum atomic E-state index is 4.79. The highest BCUT2D eigenvalue weighted by molar-refractivity contribution is 5.40. The number of aromatic nitrogens is 3. The zero-order valence-corrected chi connectivity index (χ0v) is 18.6. The zero-order valence-electron chi connectivity index (χ0n) is 18.6. The highest BCUT2D eigenvalue weighted by Gasteiger charge is 2.48. The van der Waals surface area contributed by atoms with Crippen LogP contribution in [0.5, 0.6) is 0 Å². The summed E-state index contributed by atoms with van der Waals surface area (Å²) in [5.41, 5.74) is 4.37. The third kappa shape index (κ3) is 3.95. The minimum absolute atomic E-state index is 0.379. The second kappa shape index (κ2) is 7.89.